The van der Waals surface area contributed by atoms with Crippen molar-refractivity contribution in [1.82, 2.24) is 10.6 Å². The summed E-state index contributed by atoms with van der Waals surface area (Å²) < 4.78 is 0. The Hall–Kier alpha value is -1.92. The molecule has 1 atom stereocenters. The first-order chi connectivity index (χ1) is 12.7. The zero-order valence-electron chi connectivity index (χ0n) is 14.8. The van der Waals surface area contributed by atoms with Crippen LogP contribution >= 0.6 is 23.5 Å². The number of benzene rings is 2. The van der Waals surface area contributed by atoms with Crippen LogP contribution in [0.5, 0.6) is 0 Å². The standard InChI is InChI=1S/C20H24N2O2S2/c1-25-14-12-18(22-19(23)16-8-4-2-5-9-16)20(24)21-13-15-26-17-10-6-3-7-11-17/h2-11,18H,12-15H2,1H3,(H,21,24)(H,22,23)/t18-/m0/s1. The third-order valence-electron chi connectivity index (χ3n) is 3.68. The lowest BCUT2D eigenvalue weighted by Crippen LogP contribution is -2.47. The Balaban J connectivity index is 1.82. The number of hydrogen-bond acceptors (Lipinski definition) is 4. The lowest BCUT2D eigenvalue weighted by molar-refractivity contribution is -0.122. The molecule has 0 spiro atoms. The van der Waals surface area contributed by atoms with Gasteiger partial charge in [-0.2, -0.15) is 11.8 Å². The lowest BCUT2D eigenvalue weighted by atomic mass is 10.1. The predicted octanol–water partition coefficient (Wildman–Crippen LogP) is 3.45. The van der Waals surface area contributed by atoms with Crippen LogP contribution in [0.25, 0.3) is 0 Å². The highest BCUT2D eigenvalue weighted by atomic mass is 32.2. The van der Waals surface area contributed by atoms with Crippen LogP contribution in [0.1, 0.15) is 16.8 Å². The number of thioether (sulfide) groups is 2. The van der Waals surface area contributed by atoms with E-state index in [4.69, 9.17) is 0 Å². The van der Waals surface area contributed by atoms with Crippen LogP contribution in [-0.2, 0) is 4.79 Å². The fourth-order valence-electron chi connectivity index (χ4n) is 2.32. The molecule has 138 valence electrons. The predicted molar refractivity (Wildman–Crippen MR) is 111 cm³/mol. The van der Waals surface area contributed by atoms with E-state index in [0.717, 1.165) is 11.5 Å². The monoisotopic (exact) mass is 388 g/mol. The molecule has 2 aromatic carbocycles. The minimum Gasteiger partial charge on any atom is -0.353 e. The maximum Gasteiger partial charge on any atom is 0.251 e. The molecule has 2 rings (SSSR count). The van der Waals surface area contributed by atoms with Gasteiger partial charge in [0.1, 0.15) is 6.04 Å². The van der Waals surface area contributed by atoms with E-state index in [9.17, 15) is 9.59 Å². The van der Waals surface area contributed by atoms with Gasteiger partial charge in [0.05, 0.1) is 0 Å². The summed E-state index contributed by atoms with van der Waals surface area (Å²) in [5, 5.41) is 5.79. The summed E-state index contributed by atoms with van der Waals surface area (Å²) in [6, 6.07) is 18.5. The van der Waals surface area contributed by atoms with Gasteiger partial charge < -0.3 is 10.6 Å². The van der Waals surface area contributed by atoms with Crippen molar-refractivity contribution in [3.8, 4) is 0 Å². The van der Waals surface area contributed by atoms with Gasteiger partial charge in [-0.25, -0.2) is 0 Å². The van der Waals surface area contributed by atoms with Gasteiger partial charge in [0, 0.05) is 22.8 Å². The van der Waals surface area contributed by atoms with Gasteiger partial charge in [0.15, 0.2) is 0 Å². The molecule has 0 aliphatic carbocycles. The largest absolute Gasteiger partial charge is 0.353 e. The molecule has 2 aromatic rings. The highest BCUT2D eigenvalue weighted by Crippen LogP contribution is 2.15. The van der Waals surface area contributed by atoms with Crippen LogP contribution in [0, 0.1) is 0 Å². The van der Waals surface area contributed by atoms with E-state index in [2.05, 4.69) is 10.6 Å². The first-order valence-corrected chi connectivity index (χ1v) is 10.9. The normalized spacial score (nSPS) is 11.6. The highest BCUT2D eigenvalue weighted by molar-refractivity contribution is 7.99. The van der Waals surface area contributed by atoms with Gasteiger partial charge in [-0.3, -0.25) is 9.59 Å². The molecule has 0 heterocycles. The minimum atomic E-state index is -0.517. The van der Waals surface area contributed by atoms with Crippen molar-refractivity contribution in [2.24, 2.45) is 0 Å². The van der Waals surface area contributed by atoms with Gasteiger partial charge in [-0.05, 0) is 42.7 Å². The topological polar surface area (TPSA) is 58.2 Å². The van der Waals surface area contributed by atoms with E-state index in [1.165, 1.54) is 4.90 Å². The van der Waals surface area contributed by atoms with Crippen LogP contribution in [0.2, 0.25) is 0 Å². The van der Waals surface area contributed by atoms with Crippen LogP contribution in [0.3, 0.4) is 0 Å². The van der Waals surface area contributed by atoms with Crippen LogP contribution < -0.4 is 10.6 Å². The van der Waals surface area contributed by atoms with Crippen molar-refractivity contribution in [2.45, 2.75) is 17.4 Å². The van der Waals surface area contributed by atoms with E-state index in [0.29, 0.717) is 18.5 Å². The summed E-state index contributed by atoms with van der Waals surface area (Å²) >= 11 is 3.36. The first-order valence-electron chi connectivity index (χ1n) is 8.51. The third kappa shape index (κ3) is 7.14. The number of nitrogens with one attached hydrogen (secondary N) is 2. The van der Waals surface area contributed by atoms with Crippen molar-refractivity contribution in [2.75, 3.05) is 24.3 Å². The fraction of sp³-hybridized carbons (Fsp3) is 0.300. The molecule has 6 heteroatoms. The van der Waals surface area contributed by atoms with E-state index in [1.54, 1.807) is 35.7 Å². The molecular weight excluding hydrogens is 364 g/mol. The van der Waals surface area contributed by atoms with Gasteiger partial charge in [-0.1, -0.05) is 36.4 Å². The summed E-state index contributed by atoms with van der Waals surface area (Å²) in [4.78, 5) is 26.0. The highest BCUT2D eigenvalue weighted by Gasteiger charge is 2.20. The Bertz CT molecular complexity index is 681. The summed E-state index contributed by atoms with van der Waals surface area (Å²) in [6.45, 7) is 0.565. The van der Waals surface area contributed by atoms with Gasteiger partial charge in [0.2, 0.25) is 5.91 Å². The summed E-state index contributed by atoms with van der Waals surface area (Å²) in [5.74, 6) is 1.26. The average Bonchev–Trinajstić information content (AvgIpc) is 2.69. The molecule has 0 bridgehead atoms. The second-order valence-corrected chi connectivity index (χ2v) is 7.78. The molecule has 0 aliphatic heterocycles. The molecule has 0 fully saturated rings. The Morgan fingerprint density at radius 3 is 2.27 bits per heavy atom. The van der Waals surface area contributed by atoms with Crippen LogP contribution in [0.4, 0.5) is 0 Å². The Morgan fingerprint density at radius 2 is 1.62 bits per heavy atom. The Morgan fingerprint density at radius 1 is 0.962 bits per heavy atom. The maximum absolute atomic E-state index is 12.5. The molecular formula is C20H24N2O2S2. The maximum atomic E-state index is 12.5. The zero-order valence-corrected chi connectivity index (χ0v) is 16.4. The molecule has 0 unspecified atom stereocenters. The minimum absolute atomic E-state index is 0.128. The first kappa shape index (κ1) is 20.4. The number of amides is 2. The molecule has 26 heavy (non-hydrogen) atoms. The van der Waals surface area contributed by atoms with Crippen molar-refractivity contribution in [3.63, 3.8) is 0 Å². The summed E-state index contributed by atoms with van der Waals surface area (Å²) in [7, 11) is 0. The second-order valence-electron chi connectivity index (χ2n) is 5.63. The van der Waals surface area contributed by atoms with Crippen molar-refractivity contribution < 1.29 is 9.59 Å². The molecule has 4 nitrogen and oxygen atoms in total. The Labute approximate surface area is 163 Å². The second kappa shape index (κ2) is 11.6. The quantitative estimate of drug-likeness (QED) is 0.483. The van der Waals surface area contributed by atoms with E-state index >= 15 is 0 Å². The molecule has 2 amide bonds. The van der Waals surface area contributed by atoms with E-state index in [1.807, 2.05) is 54.8 Å². The van der Waals surface area contributed by atoms with Crippen LogP contribution in [-0.4, -0.2) is 42.2 Å². The lowest BCUT2D eigenvalue weighted by Gasteiger charge is -2.18. The van der Waals surface area contributed by atoms with Crippen LogP contribution in [0.15, 0.2) is 65.6 Å². The molecule has 2 N–H and O–H groups in total. The van der Waals surface area contributed by atoms with Gasteiger partial charge in [-0.15, -0.1) is 11.8 Å². The summed E-state index contributed by atoms with van der Waals surface area (Å²) in [5.41, 5.74) is 0.564. The molecule has 0 aliphatic rings. The molecule has 0 saturated carbocycles. The van der Waals surface area contributed by atoms with Gasteiger partial charge in [0.25, 0.3) is 5.91 Å². The number of carbonyl (C=O) groups excluding carboxylic acids is 2. The van der Waals surface area contributed by atoms with E-state index in [-0.39, 0.29) is 11.8 Å². The van der Waals surface area contributed by atoms with E-state index < -0.39 is 6.04 Å². The summed E-state index contributed by atoms with van der Waals surface area (Å²) in [6.07, 6.45) is 2.60. The smallest absolute Gasteiger partial charge is 0.251 e. The number of hydrogen-bond donors (Lipinski definition) is 2. The third-order valence-corrected chi connectivity index (χ3v) is 5.34. The van der Waals surface area contributed by atoms with Crippen molar-refractivity contribution in [1.29, 1.82) is 0 Å². The number of carbonyl (C=O) groups is 2. The molecule has 0 aromatic heterocycles. The molecule has 0 radical (unpaired) electrons. The molecule has 0 saturated heterocycles. The zero-order chi connectivity index (χ0) is 18.6. The van der Waals surface area contributed by atoms with Crippen molar-refractivity contribution >= 4 is 35.3 Å². The Kier molecular flexibility index (Phi) is 9.14. The van der Waals surface area contributed by atoms with Crippen molar-refractivity contribution in [3.05, 3.63) is 66.2 Å². The van der Waals surface area contributed by atoms with Gasteiger partial charge >= 0.3 is 0 Å². The average molecular weight is 389 g/mol. The number of rotatable bonds is 10. The fourth-order valence-corrected chi connectivity index (χ4v) is 3.58. The SMILES string of the molecule is CSCC[C@H](NC(=O)c1ccccc1)C(=O)NCCSc1ccccc1.